The molecule has 6 heteroatoms. The van der Waals surface area contributed by atoms with E-state index < -0.39 is 0 Å². The van der Waals surface area contributed by atoms with Crippen LogP contribution in [0.3, 0.4) is 0 Å². The number of carbonyl (C=O) groups excluding carboxylic acids is 2. The van der Waals surface area contributed by atoms with Crippen LogP contribution in [0, 0.1) is 23.7 Å². The van der Waals surface area contributed by atoms with E-state index in [2.05, 4.69) is 44.0 Å². The van der Waals surface area contributed by atoms with Crippen LogP contribution in [0.1, 0.15) is 65.5 Å². The average molecular weight is 455 g/mol. The van der Waals surface area contributed by atoms with Crippen molar-refractivity contribution in [2.45, 2.75) is 72.0 Å². The van der Waals surface area contributed by atoms with Crippen LogP contribution in [0.2, 0.25) is 0 Å². The molecule has 0 fully saturated rings. The minimum atomic E-state index is -0.344. The van der Waals surface area contributed by atoms with Gasteiger partial charge >= 0.3 is 11.9 Å². The van der Waals surface area contributed by atoms with Gasteiger partial charge in [0, 0.05) is 39.1 Å². The van der Waals surface area contributed by atoms with E-state index in [0.717, 1.165) is 25.0 Å². The third kappa shape index (κ3) is 7.18. The summed E-state index contributed by atoms with van der Waals surface area (Å²) in [6.45, 7) is 8.22. The van der Waals surface area contributed by atoms with Crippen molar-refractivity contribution >= 4 is 18.0 Å². The lowest BCUT2D eigenvalue weighted by Gasteiger charge is -2.42. The number of hydrogen-bond donors (Lipinski definition) is 0. The van der Waals surface area contributed by atoms with Crippen molar-refractivity contribution in [1.82, 2.24) is 9.55 Å². The molecule has 0 bridgehead atoms. The molecule has 1 heterocycles. The van der Waals surface area contributed by atoms with Gasteiger partial charge in [-0.2, -0.15) is 0 Å². The molecule has 0 aromatic carbocycles. The Kier molecular flexibility index (Phi) is 8.70. The third-order valence-corrected chi connectivity index (χ3v) is 6.97. The van der Waals surface area contributed by atoms with Crippen molar-refractivity contribution in [3.05, 3.63) is 48.1 Å². The van der Waals surface area contributed by atoms with Crippen molar-refractivity contribution < 1.29 is 19.1 Å². The molecule has 0 saturated heterocycles. The van der Waals surface area contributed by atoms with E-state index in [-0.39, 0.29) is 24.1 Å². The number of ether oxygens (including phenoxy) is 2. The summed E-state index contributed by atoms with van der Waals surface area (Å²) in [6, 6.07) is 0. The van der Waals surface area contributed by atoms with Crippen LogP contribution < -0.4 is 0 Å². The summed E-state index contributed by atoms with van der Waals surface area (Å²) in [6.07, 6.45) is 16.9. The highest BCUT2D eigenvalue weighted by Gasteiger charge is 2.38. The summed E-state index contributed by atoms with van der Waals surface area (Å²) in [5.74, 6) is 1.16. The van der Waals surface area contributed by atoms with Gasteiger partial charge in [0.2, 0.25) is 0 Å². The third-order valence-electron chi connectivity index (χ3n) is 6.97. The number of hydrogen-bond acceptors (Lipinski definition) is 5. The van der Waals surface area contributed by atoms with Gasteiger partial charge in [-0.25, -0.2) is 9.78 Å². The van der Waals surface area contributed by atoms with E-state index in [9.17, 15) is 9.59 Å². The minimum absolute atomic E-state index is 0.112. The first-order chi connectivity index (χ1) is 15.7. The highest BCUT2D eigenvalue weighted by atomic mass is 16.5. The van der Waals surface area contributed by atoms with Gasteiger partial charge < -0.3 is 14.0 Å². The number of esters is 2. The zero-order valence-corrected chi connectivity index (χ0v) is 20.6. The molecular weight excluding hydrogens is 416 g/mol. The number of carbonyl (C=O) groups is 2. The average Bonchev–Trinajstić information content (AvgIpc) is 3.16. The Balaban J connectivity index is 1.79. The van der Waals surface area contributed by atoms with Crippen molar-refractivity contribution in [3.8, 4) is 0 Å². The van der Waals surface area contributed by atoms with Crippen molar-refractivity contribution in [2.24, 2.45) is 30.7 Å². The summed E-state index contributed by atoms with van der Waals surface area (Å²) < 4.78 is 13.4. The molecule has 5 atom stereocenters. The fourth-order valence-electron chi connectivity index (χ4n) is 5.33. The molecule has 5 unspecified atom stereocenters. The predicted molar refractivity (Wildman–Crippen MR) is 129 cm³/mol. The monoisotopic (exact) mass is 454 g/mol. The molecule has 0 amide bonds. The predicted octanol–water partition coefficient (Wildman–Crippen LogP) is 5.26. The van der Waals surface area contributed by atoms with E-state index in [0.29, 0.717) is 36.5 Å². The quantitative estimate of drug-likeness (QED) is 0.345. The molecule has 6 nitrogen and oxygen atoms in total. The fourth-order valence-corrected chi connectivity index (χ4v) is 5.33. The van der Waals surface area contributed by atoms with E-state index in [1.807, 2.05) is 17.8 Å². The normalized spacial score (nSPS) is 29.3. The van der Waals surface area contributed by atoms with Gasteiger partial charge in [0.05, 0.1) is 12.0 Å². The number of rotatable bonds is 5. The Labute approximate surface area is 197 Å². The lowest BCUT2D eigenvalue weighted by molar-refractivity contribution is -0.148. The molecule has 1 aromatic rings. The van der Waals surface area contributed by atoms with Crippen LogP contribution in [-0.2, 0) is 26.1 Å². The number of nitrogens with zero attached hydrogens (tertiary/aromatic N) is 2. The summed E-state index contributed by atoms with van der Waals surface area (Å²) in [4.78, 5) is 28.5. The molecule has 0 aliphatic heterocycles. The second-order valence-corrected chi connectivity index (χ2v) is 9.86. The van der Waals surface area contributed by atoms with Crippen LogP contribution in [0.15, 0.2) is 42.4 Å². The Morgan fingerprint density at radius 1 is 1.12 bits per heavy atom. The molecule has 0 N–H and O–H groups in total. The van der Waals surface area contributed by atoms with Gasteiger partial charge in [0.25, 0.3) is 0 Å². The Morgan fingerprint density at radius 3 is 2.42 bits per heavy atom. The summed E-state index contributed by atoms with van der Waals surface area (Å²) >= 11 is 0. The second kappa shape index (κ2) is 11.5. The summed E-state index contributed by atoms with van der Waals surface area (Å²) in [5, 5.41) is 0. The van der Waals surface area contributed by atoms with Gasteiger partial charge in [-0.3, -0.25) is 4.79 Å². The van der Waals surface area contributed by atoms with Gasteiger partial charge in [-0.15, -0.1) is 0 Å². The van der Waals surface area contributed by atoms with Gasteiger partial charge in [0.1, 0.15) is 12.2 Å². The van der Waals surface area contributed by atoms with E-state index in [1.165, 1.54) is 18.6 Å². The first-order valence-corrected chi connectivity index (χ1v) is 12.1. The molecule has 1 aromatic heterocycles. The highest BCUT2D eigenvalue weighted by molar-refractivity contribution is 5.86. The maximum absolute atomic E-state index is 12.6. The number of aromatic nitrogens is 2. The van der Waals surface area contributed by atoms with Crippen molar-refractivity contribution in [1.29, 1.82) is 0 Å². The van der Waals surface area contributed by atoms with Crippen LogP contribution in [0.5, 0.6) is 0 Å². The Hall–Kier alpha value is -2.63. The maximum atomic E-state index is 12.6. The topological polar surface area (TPSA) is 70.4 Å². The number of aryl methyl sites for hydroxylation is 1. The zero-order chi connectivity index (χ0) is 24.0. The number of allylic oxidation sites excluding steroid dienone is 2. The van der Waals surface area contributed by atoms with Crippen LogP contribution in [0.25, 0.3) is 6.08 Å². The lowest BCUT2D eigenvalue weighted by atomic mass is 9.64. The zero-order valence-electron chi connectivity index (χ0n) is 20.6. The largest absolute Gasteiger partial charge is 0.462 e. The van der Waals surface area contributed by atoms with Crippen molar-refractivity contribution in [2.75, 3.05) is 0 Å². The van der Waals surface area contributed by atoms with E-state index in [1.54, 1.807) is 12.4 Å². The maximum Gasteiger partial charge on any atom is 0.331 e. The number of imidazole rings is 1. The molecule has 33 heavy (non-hydrogen) atoms. The molecule has 2 aliphatic carbocycles. The second-order valence-electron chi connectivity index (χ2n) is 9.86. The molecule has 2 aliphatic rings. The molecule has 0 spiro atoms. The molecular formula is C27H38N2O4. The van der Waals surface area contributed by atoms with Crippen molar-refractivity contribution in [3.63, 3.8) is 0 Å². The first-order valence-electron chi connectivity index (χ1n) is 12.1. The summed E-state index contributed by atoms with van der Waals surface area (Å²) in [5.41, 5.74) is 2.08. The smallest absolute Gasteiger partial charge is 0.331 e. The Bertz CT molecular complexity index is 911. The van der Waals surface area contributed by atoms with E-state index >= 15 is 0 Å². The van der Waals surface area contributed by atoms with Crippen LogP contribution >= 0.6 is 0 Å². The Morgan fingerprint density at radius 2 is 1.82 bits per heavy atom. The minimum Gasteiger partial charge on any atom is -0.462 e. The molecule has 3 rings (SSSR count). The molecule has 180 valence electrons. The van der Waals surface area contributed by atoms with Gasteiger partial charge in [0.15, 0.2) is 0 Å². The summed E-state index contributed by atoms with van der Waals surface area (Å²) in [7, 11) is 1.89. The van der Waals surface area contributed by atoms with E-state index in [4.69, 9.17) is 9.47 Å². The SMILES string of the molecule is CC(=O)OC1C/C=C\CC(OC(=O)C=Cc2cn(C)cn2)CC2C(C)=CCC(C(C)C)C2C1. The molecule has 0 saturated carbocycles. The highest BCUT2D eigenvalue weighted by Crippen LogP contribution is 2.44. The van der Waals surface area contributed by atoms with Crippen LogP contribution in [-0.4, -0.2) is 33.7 Å². The first kappa shape index (κ1) is 25.0. The molecule has 0 radical (unpaired) electrons. The number of fused-ring (bicyclic) bond motifs is 1. The van der Waals surface area contributed by atoms with Crippen LogP contribution in [0.4, 0.5) is 0 Å². The van der Waals surface area contributed by atoms with Gasteiger partial charge in [-0.05, 0) is 55.9 Å². The lowest BCUT2D eigenvalue weighted by Crippen LogP contribution is -2.37. The standard InChI is InChI=1S/C27H38N2O4/c1-18(2)24-12-10-19(3)25-14-23(33-27(31)13-11-21-16-29(5)17-28-21)9-7-6-8-22(15-26(24)25)32-20(4)30/h6-7,10-11,13,16-18,22-26H,8-9,12,14-15H2,1-5H3/b7-6-,13-11?. The van der Waals surface area contributed by atoms with Gasteiger partial charge in [-0.1, -0.05) is 37.6 Å². The fraction of sp³-hybridized carbons (Fsp3) is 0.593.